The molecular formula is C20H17ClFN3O3. The Morgan fingerprint density at radius 3 is 2.61 bits per heavy atom. The molecule has 8 heteroatoms. The summed E-state index contributed by atoms with van der Waals surface area (Å²) in [5.74, 6) is -1.64. The number of aryl methyl sites for hydroxylation is 2. The van der Waals surface area contributed by atoms with Gasteiger partial charge in [0.2, 0.25) is 0 Å². The van der Waals surface area contributed by atoms with E-state index in [1.54, 1.807) is 6.07 Å². The molecule has 0 unspecified atom stereocenters. The number of ether oxygens (including phenoxy) is 1. The first-order valence-corrected chi connectivity index (χ1v) is 8.75. The minimum absolute atomic E-state index is 0.115. The summed E-state index contributed by atoms with van der Waals surface area (Å²) in [7, 11) is 0. The summed E-state index contributed by atoms with van der Waals surface area (Å²) in [6.45, 7) is 3.23. The second-order valence-electron chi connectivity index (χ2n) is 6.19. The summed E-state index contributed by atoms with van der Waals surface area (Å²) in [6, 6.07) is 9.16. The average Bonchev–Trinajstić information content (AvgIpc) is 3.13. The molecule has 1 aromatic heterocycles. The van der Waals surface area contributed by atoms with E-state index in [-0.39, 0.29) is 5.69 Å². The number of esters is 1. The SMILES string of the molecule is Cc1cc(C)c(NC(=O)COC(=O)c2cncn2-c2ccc(F)cc2)c(Cl)c1. The molecular weight excluding hydrogens is 385 g/mol. The van der Waals surface area contributed by atoms with Gasteiger partial charge in [-0.25, -0.2) is 14.2 Å². The quantitative estimate of drug-likeness (QED) is 0.654. The van der Waals surface area contributed by atoms with E-state index in [0.29, 0.717) is 16.4 Å². The lowest BCUT2D eigenvalue weighted by atomic mass is 10.1. The summed E-state index contributed by atoms with van der Waals surface area (Å²) in [4.78, 5) is 28.4. The lowest BCUT2D eigenvalue weighted by Crippen LogP contribution is -2.22. The van der Waals surface area contributed by atoms with Gasteiger partial charge in [0.05, 0.1) is 23.2 Å². The molecule has 0 atom stereocenters. The van der Waals surface area contributed by atoms with E-state index in [4.69, 9.17) is 16.3 Å². The predicted octanol–water partition coefficient (Wildman–Crippen LogP) is 4.08. The molecule has 2 aromatic carbocycles. The van der Waals surface area contributed by atoms with E-state index >= 15 is 0 Å². The normalized spacial score (nSPS) is 10.6. The molecule has 28 heavy (non-hydrogen) atoms. The standard InChI is InChI=1S/C20H17ClFN3O3/c1-12-7-13(2)19(16(21)8-12)24-18(26)10-28-20(27)17-9-23-11-25(17)15-5-3-14(22)4-6-15/h3-9,11H,10H2,1-2H3,(H,24,26). The maximum Gasteiger partial charge on any atom is 0.357 e. The fraction of sp³-hybridized carbons (Fsp3) is 0.150. The molecule has 1 amide bonds. The topological polar surface area (TPSA) is 73.2 Å². The summed E-state index contributed by atoms with van der Waals surface area (Å²) in [5, 5.41) is 3.06. The molecule has 0 fully saturated rings. The zero-order valence-corrected chi connectivity index (χ0v) is 16.0. The highest BCUT2D eigenvalue weighted by Crippen LogP contribution is 2.27. The minimum atomic E-state index is -0.733. The van der Waals surface area contributed by atoms with Crippen LogP contribution in [0.4, 0.5) is 10.1 Å². The Hall–Kier alpha value is -3.19. The Morgan fingerprint density at radius 1 is 1.21 bits per heavy atom. The third kappa shape index (κ3) is 4.37. The number of nitrogens with one attached hydrogen (secondary N) is 1. The van der Waals surface area contributed by atoms with Gasteiger partial charge in [0.25, 0.3) is 5.91 Å². The molecule has 0 aliphatic rings. The fourth-order valence-corrected chi connectivity index (χ4v) is 3.08. The van der Waals surface area contributed by atoms with Crippen LogP contribution in [0.1, 0.15) is 21.6 Å². The van der Waals surface area contributed by atoms with Crippen molar-refractivity contribution in [1.29, 1.82) is 0 Å². The van der Waals surface area contributed by atoms with Gasteiger partial charge in [-0.15, -0.1) is 0 Å². The number of anilines is 1. The van der Waals surface area contributed by atoms with Gasteiger partial charge in [0.15, 0.2) is 12.3 Å². The van der Waals surface area contributed by atoms with Gasteiger partial charge in [0, 0.05) is 5.69 Å². The first-order chi connectivity index (χ1) is 13.3. The molecule has 1 N–H and O–H groups in total. The highest BCUT2D eigenvalue weighted by molar-refractivity contribution is 6.34. The minimum Gasteiger partial charge on any atom is -0.451 e. The Labute approximate surface area is 165 Å². The van der Waals surface area contributed by atoms with Crippen LogP contribution >= 0.6 is 11.6 Å². The molecule has 0 saturated heterocycles. The van der Waals surface area contributed by atoms with E-state index in [9.17, 15) is 14.0 Å². The Morgan fingerprint density at radius 2 is 1.93 bits per heavy atom. The van der Waals surface area contributed by atoms with Gasteiger partial charge in [-0.3, -0.25) is 9.36 Å². The van der Waals surface area contributed by atoms with E-state index in [0.717, 1.165) is 11.1 Å². The monoisotopic (exact) mass is 401 g/mol. The van der Waals surface area contributed by atoms with Crippen LogP contribution in [0.3, 0.4) is 0 Å². The number of rotatable bonds is 5. The summed E-state index contributed by atoms with van der Waals surface area (Å²) >= 11 is 6.16. The van der Waals surface area contributed by atoms with Crippen molar-refractivity contribution < 1.29 is 18.7 Å². The highest BCUT2D eigenvalue weighted by Gasteiger charge is 2.17. The molecule has 3 rings (SSSR count). The molecule has 144 valence electrons. The number of benzene rings is 2. The van der Waals surface area contributed by atoms with Crippen LogP contribution in [0.2, 0.25) is 5.02 Å². The van der Waals surface area contributed by atoms with Crippen LogP contribution in [0.5, 0.6) is 0 Å². The number of nitrogens with zero attached hydrogens (tertiary/aromatic N) is 2. The van der Waals surface area contributed by atoms with Crippen molar-refractivity contribution in [3.05, 3.63) is 76.6 Å². The van der Waals surface area contributed by atoms with Crippen molar-refractivity contribution in [3.8, 4) is 5.69 Å². The summed E-state index contributed by atoms with van der Waals surface area (Å²) < 4.78 is 19.6. The number of hydrogen-bond acceptors (Lipinski definition) is 4. The largest absolute Gasteiger partial charge is 0.451 e. The highest BCUT2D eigenvalue weighted by atomic mass is 35.5. The van der Waals surface area contributed by atoms with Gasteiger partial charge >= 0.3 is 5.97 Å². The van der Waals surface area contributed by atoms with Crippen LogP contribution in [-0.4, -0.2) is 28.0 Å². The number of carbonyl (C=O) groups excluding carboxylic acids is 2. The van der Waals surface area contributed by atoms with E-state index in [1.807, 2.05) is 19.9 Å². The maximum atomic E-state index is 13.1. The molecule has 0 aliphatic heterocycles. The van der Waals surface area contributed by atoms with Gasteiger partial charge in [0.1, 0.15) is 5.82 Å². The zero-order chi connectivity index (χ0) is 20.3. The van der Waals surface area contributed by atoms with Crippen molar-refractivity contribution in [2.75, 3.05) is 11.9 Å². The van der Waals surface area contributed by atoms with Crippen molar-refractivity contribution in [3.63, 3.8) is 0 Å². The second-order valence-corrected chi connectivity index (χ2v) is 6.60. The van der Waals surface area contributed by atoms with Crippen molar-refractivity contribution in [2.24, 2.45) is 0 Å². The lowest BCUT2D eigenvalue weighted by Gasteiger charge is -2.12. The zero-order valence-electron chi connectivity index (χ0n) is 15.2. The Balaban J connectivity index is 1.66. The lowest BCUT2D eigenvalue weighted by molar-refractivity contribution is -0.119. The van der Waals surface area contributed by atoms with E-state index in [1.165, 1.54) is 41.4 Å². The molecule has 0 aliphatic carbocycles. The van der Waals surface area contributed by atoms with Gasteiger partial charge < -0.3 is 10.1 Å². The number of halogens is 2. The van der Waals surface area contributed by atoms with Crippen LogP contribution in [0.25, 0.3) is 5.69 Å². The average molecular weight is 402 g/mol. The molecule has 0 saturated carbocycles. The van der Waals surface area contributed by atoms with Crippen LogP contribution in [0, 0.1) is 19.7 Å². The Kier molecular flexibility index (Phi) is 5.75. The summed E-state index contributed by atoms with van der Waals surface area (Å²) in [6.07, 6.45) is 2.71. The molecule has 0 spiro atoms. The number of carbonyl (C=O) groups is 2. The molecule has 0 bridgehead atoms. The first kappa shape index (κ1) is 19.6. The maximum absolute atomic E-state index is 13.1. The second kappa shape index (κ2) is 8.22. The third-order valence-electron chi connectivity index (χ3n) is 3.98. The molecule has 1 heterocycles. The summed E-state index contributed by atoms with van der Waals surface area (Å²) in [5.41, 5.74) is 2.91. The van der Waals surface area contributed by atoms with E-state index in [2.05, 4.69) is 10.3 Å². The molecule has 0 radical (unpaired) electrons. The van der Waals surface area contributed by atoms with E-state index < -0.39 is 24.3 Å². The van der Waals surface area contributed by atoms with Crippen LogP contribution < -0.4 is 5.32 Å². The molecule has 6 nitrogen and oxygen atoms in total. The smallest absolute Gasteiger partial charge is 0.357 e. The fourth-order valence-electron chi connectivity index (χ4n) is 2.71. The molecule has 3 aromatic rings. The number of imidazole rings is 1. The van der Waals surface area contributed by atoms with Gasteiger partial charge in [-0.1, -0.05) is 17.7 Å². The first-order valence-electron chi connectivity index (χ1n) is 8.37. The third-order valence-corrected chi connectivity index (χ3v) is 4.28. The van der Waals surface area contributed by atoms with Gasteiger partial charge in [-0.05, 0) is 55.3 Å². The number of aromatic nitrogens is 2. The number of amides is 1. The van der Waals surface area contributed by atoms with Crippen molar-refractivity contribution in [2.45, 2.75) is 13.8 Å². The van der Waals surface area contributed by atoms with Crippen molar-refractivity contribution >= 4 is 29.2 Å². The van der Waals surface area contributed by atoms with Crippen molar-refractivity contribution in [1.82, 2.24) is 9.55 Å². The van der Waals surface area contributed by atoms with Crippen LogP contribution in [0.15, 0.2) is 48.9 Å². The van der Waals surface area contributed by atoms with Crippen LogP contribution in [-0.2, 0) is 9.53 Å². The predicted molar refractivity (Wildman–Crippen MR) is 103 cm³/mol. The Bertz CT molecular complexity index is 1010. The van der Waals surface area contributed by atoms with Gasteiger partial charge in [-0.2, -0.15) is 0 Å². The number of hydrogen-bond donors (Lipinski definition) is 1.